The Labute approximate surface area is 122 Å². The molecule has 1 aromatic heterocycles. The normalized spacial score (nSPS) is 16.7. The van der Waals surface area contributed by atoms with Gasteiger partial charge in [-0.2, -0.15) is 13.2 Å². The molecule has 3 nitrogen and oxygen atoms in total. The lowest BCUT2D eigenvalue weighted by Crippen LogP contribution is -2.26. The van der Waals surface area contributed by atoms with E-state index in [1.54, 1.807) is 0 Å². The van der Waals surface area contributed by atoms with E-state index in [9.17, 15) is 18.0 Å². The van der Waals surface area contributed by atoms with Gasteiger partial charge in [-0.15, -0.1) is 0 Å². The van der Waals surface area contributed by atoms with Gasteiger partial charge in [-0.1, -0.05) is 38.2 Å². The summed E-state index contributed by atoms with van der Waals surface area (Å²) >= 11 is 0. The van der Waals surface area contributed by atoms with Gasteiger partial charge in [-0.25, -0.2) is 4.98 Å². The van der Waals surface area contributed by atoms with E-state index in [2.05, 4.69) is 4.98 Å². The van der Waals surface area contributed by atoms with Gasteiger partial charge in [0.25, 0.3) is 0 Å². The van der Waals surface area contributed by atoms with Gasteiger partial charge in [-0.3, -0.25) is 9.69 Å². The van der Waals surface area contributed by atoms with Crippen LogP contribution in [0.1, 0.15) is 44.2 Å². The molecular weight excluding hydrogens is 281 g/mol. The highest BCUT2D eigenvalue weighted by atomic mass is 19.4. The second kappa shape index (κ2) is 6.91. The Balaban J connectivity index is 2.01. The predicted molar refractivity (Wildman–Crippen MR) is 73.8 cm³/mol. The number of hydrogen-bond acceptors (Lipinski definition) is 2. The molecule has 0 atom stereocenters. The average molecular weight is 300 g/mol. The van der Waals surface area contributed by atoms with E-state index in [0.717, 1.165) is 25.3 Å². The van der Waals surface area contributed by atoms with Crippen molar-refractivity contribution in [2.75, 3.05) is 11.4 Å². The van der Waals surface area contributed by atoms with Gasteiger partial charge in [0.15, 0.2) is 0 Å². The van der Waals surface area contributed by atoms with E-state index in [1.807, 2.05) is 0 Å². The highest BCUT2D eigenvalue weighted by molar-refractivity contribution is 5.72. The standard InChI is InChI=1S/C15H19F3N2O/c16-15(17,18)13-7-4-8-14(19-13)20(11-21)10-9-12-5-2-1-3-6-12/h4,7-8,11-12H,1-3,5-6,9-10H2. The van der Waals surface area contributed by atoms with Gasteiger partial charge in [0.1, 0.15) is 11.5 Å². The fourth-order valence-corrected chi connectivity index (χ4v) is 2.76. The number of anilines is 1. The third-order valence-electron chi connectivity index (χ3n) is 3.95. The van der Waals surface area contributed by atoms with E-state index >= 15 is 0 Å². The quantitative estimate of drug-likeness (QED) is 0.769. The maximum absolute atomic E-state index is 12.6. The lowest BCUT2D eigenvalue weighted by Gasteiger charge is -2.24. The summed E-state index contributed by atoms with van der Waals surface area (Å²) in [4.78, 5) is 16.0. The van der Waals surface area contributed by atoms with Gasteiger partial charge in [0.05, 0.1) is 0 Å². The van der Waals surface area contributed by atoms with Crippen LogP contribution in [0.3, 0.4) is 0 Å². The zero-order valence-electron chi connectivity index (χ0n) is 11.8. The Hall–Kier alpha value is -1.59. The van der Waals surface area contributed by atoms with E-state index in [1.165, 1.54) is 36.3 Å². The smallest absolute Gasteiger partial charge is 0.299 e. The largest absolute Gasteiger partial charge is 0.433 e. The van der Waals surface area contributed by atoms with Crippen LogP contribution < -0.4 is 4.90 Å². The molecule has 1 aromatic rings. The van der Waals surface area contributed by atoms with Crippen molar-refractivity contribution in [3.05, 3.63) is 23.9 Å². The molecule has 1 saturated carbocycles. The van der Waals surface area contributed by atoms with Gasteiger partial charge in [0, 0.05) is 6.54 Å². The van der Waals surface area contributed by atoms with Crippen LogP contribution in [0.5, 0.6) is 0 Å². The summed E-state index contributed by atoms with van der Waals surface area (Å²) in [5.74, 6) is 0.627. The van der Waals surface area contributed by atoms with Crippen LogP contribution in [0.4, 0.5) is 19.0 Å². The molecule has 1 heterocycles. The fraction of sp³-hybridized carbons (Fsp3) is 0.600. The number of halogens is 3. The Morgan fingerprint density at radius 2 is 1.95 bits per heavy atom. The molecule has 0 aliphatic heterocycles. The third-order valence-corrected chi connectivity index (χ3v) is 3.95. The Bertz CT molecular complexity index is 470. The van der Waals surface area contributed by atoms with Crippen LogP contribution in [-0.2, 0) is 11.0 Å². The number of hydrogen-bond donors (Lipinski definition) is 0. The molecule has 0 spiro atoms. The molecule has 21 heavy (non-hydrogen) atoms. The van der Waals surface area contributed by atoms with Crippen LogP contribution in [0.15, 0.2) is 18.2 Å². The molecule has 1 amide bonds. The van der Waals surface area contributed by atoms with Crippen LogP contribution in [0.2, 0.25) is 0 Å². The van der Waals surface area contributed by atoms with Gasteiger partial charge in [0.2, 0.25) is 6.41 Å². The number of carbonyl (C=O) groups is 1. The molecule has 0 radical (unpaired) electrons. The van der Waals surface area contributed by atoms with Crippen LogP contribution in [-0.4, -0.2) is 17.9 Å². The highest BCUT2D eigenvalue weighted by Gasteiger charge is 2.32. The number of alkyl halides is 3. The summed E-state index contributed by atoms with van der Waals surface area (Å²) < 4.78 is 37.9. The Morgan fingerprint density at radius 1 is 1.24 bits per heavy atom. The van der Waals surface area contributed by atoms with Crippen molar-refractivity contribution in [1.29, 1.82) is 0 Å². The molecule has 1 aliphatic carbocycles. The molecule has 2 rings (SSSR count). The van der Waals surface area contributed by atoms with E-state index in [4.69, 9.17) is 0 Å². The number of nitrogens with zero attached hydrogens (tertiary/aromatic N) is 2. The van der Waals surface area contributed by atoms with Gasteiger partial charge in [-0.05, 0) is 24.5 Å². The summed E-state index contributed by atoms with van der Waals surface area (Å²) in [6.45, 7) is 0.419. The number of aromatic nitrogens is 1. The lowest BCUT2D eigenvalue weighted by atomic mass is 9.87. The summed E-state index contributed by atoms with van der Waals surface area (Å²) in [6.07, 6.45) is 2.82. The van der Waals surface area contributed by atoms with Gasteiger partial charge < -0.3 is 0 Å². The third kappa shape index (κ3) is 4.44. The molecule has 0 aromatic carbocycles. The van der Waals surface area contributed by atoms with Crippen LogP contribution >= 0.6 is 0 Å². The average Bonchev–Trinajstić information content (AvgIpc) is 2.48. The van der Waals surface area contributed by atoms with E-state index in [0.29, 0.717) is 18.9 Å². The lowest BCUT2D eigenvalue weighted by molar-refractivity contribution is -0.141. The molecule has 116 valence electrons. The monoisotopic (exact) mass is 300 g/mol. The molecule has 1 fully saturated rings. The molecule has 0 saturated heterocycles. The van der Waals surface area contributed by atoms with Crippen LogP contribution in [0, 0.1) is 5.92 Å². The summed E-state index contributed by atoms with van der Waals surface area (Å²) in [5.41, 5.74) is -0.968. The molecule has 1 aliphatic rings. The Kier molecular flexibility index (Phi) is 5.20. The van der Waals surface area contributed by atoms with Crippen LogP contribution in [0.25, 0.3) is 0 Å². The first-order chi connectivity index (χ1) is 10.0. The second-order valence-corrected chi connectivity index (χ2v) is 5.47. The number of rotatable bonds is 5. The van der Waals surface area contributed by atoms with Crippen molar-refractivity contribution in [2.45, 2.75) is 44.7 Å². The zero-order chi connectivity index (χ0) is 15.3. The number of pyridine rings is 1. The summed E-state index contributed by atoms with van der Waals surface area (Å²) in [7, 11) is 0. The summed E-state index contributed by atoms with van der Waals surface area (Å²) in [6, 6.07) is 3.63. The fourth-order valence-electron chi connectivity index (χ4n) is 2.76. The van der Waals surface area contributed by atoms with Crippen molar-refractivity contribution < 1.29 is 18.0 Å². The topological polar surface area (TPSA) is 33.2 Å². The molecule has 6 heteroatoms. The van der Waals surface area contributed by atoms with E-state index < -0.39 is 11.9 Å². The zero-order valence-corrected chi connectivity index (χ0v) is 11.8. The first-order valence-corrected chi connectivity index (χ1v) is 7.27. The Morgan fingerprint density at radius 3 is 2.57 bits per heavy atom. The maximum atomic E-state index is 12.6. The SMILES string of the molecule is O=CN(CCC1CCCCC1)c1cccc(C(F)(F)F)n1. The number of amides is 1. The molecule has 0 unspecified atom stereocenters. The number of carbonyl (C=O) groups excluding carboxylic acids is 1. The minimum atomic E-state index is -4.49. The maximum Gasteiger partial charge on any atom is 0.433 e. The molecule has 0 bridgehead atoms. The summed E-state index contributed by atoms with van der Waals surface area (Å²) in [5, 5.41) is 0. The first-order valence-electron chi connectivity index (χ1n) is 7.27. The second-order valence-electron chi connectivity index (χ2n) is 5.47. The van der Waals surface area contributed by atoms with Crippen molar-refractivity contribution in [2.24, 2.45) is 5.92 Å². The van der Waals surface area contributed by atoms with E-state index in [-0.39, 0.29) is 5.82 Å². The molecule has 0 N–H and O–H groups in total. The minimum Gasteiger partial charge on any atom is -0.299 e. The predicted octanol–water partition coefficient (Wildman–Crippen LogP) is 4.03. The van der Waals surface area contributed by atoms with Crippen molar-refractivity contribution >= 4 is 12.2 Å². The minimum absolute atomic E-state index is 0.0654. The molecular formula is C15H19F3N2O. The van der Waals surface area contributed by atoms with Gasteiger partial charge >= 0.3 is 6.18 Å². The van der Waals surface area contributed by atoms with Crippen molar-refractivity contribution in [3.8, 4) is 0 Å². The van der Waals surface area contributed by atoms with Crippen molar-refractivity contribution in [1.82, 2.24) is 4.98 Å². The highest BCUT2D eigenvalue weighted by Crippen LogP contribution is 2.29. The first kappa shape index (κ1) is 15.8. The van der Waals surface area contributed by atoms with Crippen molar-refractivity contribution in [3.63, 3.8) is 0 Å².